The first-order chi connectivity index (χ1) is 14.1. The summed E-state index contributed by atoms with van der Waals surface area (Å²) in [5, 5.41) is 19.7. The zero-order valence-electron chi connectivity index (χ0n) is 19.9. The van der Waals surface area contributed by atoms with Crippen molar-refractivity contribution in [2.45, 2.75) is 96.0 Å². The number of aliphatic carboxylic acids is 1. The Bertz CT molecular complexity index is 534. The molecule has 0 rings (SSSR count). The van der Waals surface area contributed by atoms with Crippen molar-refractivity contribution in [1.29, 1.82) is 0 Å². The van der Waals surface area contributed by atoms with E-state index >= 15 is 0 Å². The Morgan fingerprint density at radius 3 is 1.90 bits per heavy atom. The number of aliphatic hydroxyl groups is 1. The fourth-order valence-electron chi connectivity index (χ4n) is 3.61. The van der Waals surface area contributed by atoms with Crippen LogP contribution in [0.3, 0.4) is 0 Å². The molecule has 0 spiro atoms. The van der Waals surface area contributed by atoms with E-state index in [0.717, 1.165) is 38.5 Å². The van der Waals surface area contributed by atoms with Gasteiger partial charge in [-0.25, -0.2) is 0 Å². The normalized spacial score (nSPS) is 14.4. The molecule has 0 amide bonds. The number of likely N-dealkylation sites (N-methyl/N-ethyl adjacent to an activating group) is 1. The van der Waals surface area contributed by atoms with Crippen LogP contribution in [0.5, 0.6) is 0 Å². The lowest BCUT2D eigenvalue weighted by Gasteiger charge is -2.33. The molecule has 0 aromatic carbocycles. The number of nitrogens with zero attached hydrogens (tertiary/aromatic N) is 1. The molecule has 30 heavy (non-hydrogen) atoms. The predicted octanol–water partition coefficient (Wildman–Crippen LogP) is 5.28. The first kappa shape index (κ1) is 28.5. The lowest BCUT2D eigenvalue weighted by Crippen LogP contribution is -2.54. The van der Waals surface area contributed by atoms with Gasteiger partial charge in [-0.05, 0) is 38.5 Å². The molecule has 0 aliphatic rings. The summed E-state index contributed by atoms with van der Waals surface area (Å²) >= 11 is 0. The molecule has 0 aromatic heterocycles. The molecular weight excluding hydrogens is 378 g/mol. The zero-order valence-corrected chi connectivity index (χ0v) is 19.9. The van der Waals surface area contributed by atoms with E-state index in [1.165, 1.54) is 25.7 Å². The van der Waals surface area contributed by atoms with Gasteiger partial charge in [0.1, 0.15) is 6.54 Å². The monoisotopic (exact) mass is 424 g/mol. The van der Waals surface area contributed by atoms with Gasteiger partial charge in [0.05, 0.1) is 27.6 Å². The number of unbranched alkanes of at least 4 members (excludes halogenated alkanes) is 8. The van der Waals surface area contributed by atoms with Crippen LogP contribution in [0.4, 0.5) is 0 Å². The molecule has 0 aliphatic heterocycles. The minimum atomic E-state index is -1.78. The molecule has 0 heterocycles. The van der Waals surface area contributed by atoms with Crippen LogP contribution in [0.2, 0.25) is 0 Å². The quantitative estimate of drug-likeness (QED) is 0.168. The second-order valence-corrected chi connectivity index (χ2v) is 9.45. The smallest absolute Gasteiger partial charge is 0.306 e. The van der Waals surface area contributed by atoms with Crippen LogP contribution in [0, 0.1) is 0 Å². The van der Waals surface area contributed by atoms with Gasteiger partial charge in [-0.15, -0.1) is 0 Å². The van der Waals surface area contributed by atoms with Crippen molar-refractivity contribution in [2.24, 2.45) is 0 Å². The Morgan fingerprint density at radius 1 is 0.833 bits per heavy atom. The van der Waals surface area contributed by atoms with E-state index in [1.54, 1.807) is 0 Å². The predicted molar refractivity (Wildman–Crippen MR) is 124 cm³/mol. The van der Waals surface area contributed by atoms with Crippen molar-refractivity contribution in [2.75, 3.05) is 27.7 Å². The third kappa shape index (κ3) is 16.3. The molecule has 0 unspecified atom stereocenters. The Balaban J connectivity index is 3.92. The van der Waals surface area contributed by atoms with Crippen molar-refractivity contribution >= 4 is 11.8 Å². The third-order valence-electron chi connectivity index (χ3n) is 5.05. The molecule has 0 radical (unpaired) electrons. The summed E-state index contributed by atoms with van der Waals surface area (Å²) in [5.74, 6) is -1.48. The number of rotatable bonds is 19. The van der Waals surface area contributed by atoms with Gasteiger partial charge in [-0.3, -0.25) is 9.59 Å². The number of quaternary nitrogens is 1. The van der Waals surface area contributed by atoms with Gasteiger partial charge < -0.3 is 14.7 Å². The zero-order chi connectivity index (χ0) is 22.9. The lowest BCUT2D eigenvalue weighted by molar-refractivity contribution is -0.875. The largest absolute Gasteiger partial charge is 0.481 e. The average Bonchev–Trinajstić information content (AvgIpc) is 2.62. The highest BCUT2D eigenvalue weighted by atomic mass is 16.4. The first-order valence-electron chi connectivity index (χ1n) is 11.7. The number of carboxylic acids is 1. The molecule has 2 N–H and O–H groups in total. The number of allylic oxidation sites excluding steroid dienone is 4. The second kappa shape index (κ2) is 16.3. The Morgan fingerprint density at radius 2 is 1.37 bits per heavy atom. The second-order valence-electron chi connectivity index (χ2n) is 9.45. The van der Waals surface area contributed by atoms with E-state index in [9.17, 15) is 14.7 Å². The van der Waals surface area contributed by atoms with Gasteiger partial charge in [0.2, 0.25) is 0 Å². The molecule has 0 bridgehead atoms. The number of carbonyl (C=O) groups excluding carboxylic acids is 1. The van der Waals surface area contributed by atoms with E-state index in [2.05, 4.69) is 31.2 Å². The minimum absolute atomic E-state index is 0.110. The highest BCUT2D eigenvalue weighted by Crippen LogP contribution is 2.20. The molecule has 174 valence electrons. The van der Waals surface area contributed by atoms with Gasteiger partial charge >= 0.3 is 5.97 Å². The van der Waals surface area contributed by atoms with E-state index in [1.807, 2.05) is 21.1 Å². The molecule has 0 aliphatic carbocycles. The highest BCUT2D eigenvalue weighted by Gasteiger charge is 2.42. The molecule has 5 nitrogen and oxygen atoms in total. The van der Waals surface area contributed by atoms with Crippen LogP contribution in [0.1, 0.15) is 90.4 Å². The van der Waals surface area contributed by atoms with Crippen LogP contribution in [-0.4, -0.2) is 59.7 Å². The van der Waals surface area contributed by atoms with E-state index in [-0.39, 0.29) is 18.7 Å². The van der Waals surface area contributed by atoms with E-state index in [0.29, 0.717) is 10.9 Å². The standard InChI is InChI=1S/C25H45NO4/c1-5-6-7-8-9-10-11-12-13-14-15-16-17-18-19-20-23(27)25(30,21-24(28)29)22-26(2,3)4/h9-10,12-13,30H,5-8,11,14-22H2,1-4H3/p+1/b10-9-,13-12-/t25-/m1/s1. The van der Waals surface area contributed by atoms with Gasteiger partial charge in [0, 0.05) is 6.42 Å². The number of hydrogen-bond acceptors (Lipinski definition) is 3. The number of Topliss-reactive ketones (excluding diaryl/α,β-unsaturated/α-hetero) is 1. The number of carbonyl (C=O) groups is 2. The molecule has 0 aromatic rings. The fraction of sp³-hybridized carbons (Fsp3) is 0.760. The SMILES string of the molecule is CCCCC/C=C\C/C=C\CCCCCCCC(=O)[C@@](O)(CC(=O)O)C[N+](C)(C)C. The Kier molecular flexibility index (Phi) is 15.5. The van der Waals surface area contributed by atoms with Crippen molar-refractivity contribution in [3.63, 3.8) is 0 Å². The van der Waals surface area contributed by atoms with Crippen LogP contribution < -0.4 is 0 Å². The lowest BCUT2D eigenvalue weighted by atomic mass is 9.89. The maximum absolute atomic E-state index is 12.5. The van der Waals surface area contributed by atoms with E-state index in [4.69, 9.17) is 5.11 Å². The summed E-state index contributed by atoms with van der Waals surface area (Å²) in [6.07, 6.45) is 20.9. The summed E-state index contributed by atoms with van der Waals surface area (Å²) in [6.45, 7) is 2.33. The van der Waals surface area contributed by atoms with Crippen LogP contribution in [-0.2, 0) is 9.59 Å². The maximum atomic E-state index is 12.5. The number of hydrogen-bond donors (Lipinski definition) is 2. The maximum Gasteiger partial charge on any atom is 0.306 e. The summed E-state index contributed by atoms with van der Waals surface area (Å²) in [5.41, 5.74) is -1.78. The molecule has 1 atom stereocenters. The van der Waals surface area contributed by atoms with Crippen molar-refractivity contribution in [3.8, 4) is 0 Å². The molecule has 0 saturated heterocycles. The van der Waals surface area contributed by atoms with Gasteiger partial charge in [0.15, 0.2) is 11.4 Å². The topological polar surface area (TPSA) is 74.6 Å². The van der Waals surface area contributed by atoms with Crippen LogP contribution in [0.25, 0.3) is 0 Å². The fourth-order valence-corrected chi connectivity index (χ4v) is 3.61. The summed E-state index contributed by atoms with van der Waals surface area (Å²) in [6, 6.07) is 0. The Labute approximate surface area is 184 Å². The highest BCUT2D eigenvalue weighted by molar-refractivity contribution is 5.90. The van der Waals surface area contributed by atoms with Crippen LogP contribution >= 0.6 is 0 Å². The third-order valence-corrected chi connectivity index (χ3v) is 5.05. The summed E-state index contributed by atoms with van der Waals surface area (Å²) in [4.78, 5) is 23.6. The minimum Gasteiger partial charge on any atom is -0.481 e. The molecule has 0 fully saturated rings. The number of carboxylic acid groups (broad SMARTS) is 1. The van der Waals surface area contributed by atoms with Crippen molar-refractivity contribution in [3.05, 3.63) is 24.3 Å². The van der Waals surface area contributed by atoms with Crippen molar-refractivity contribution in [1.82, 2.24) is 0 Å². The number of ketones is 1. The summed E-state index contributed by atoms with van der Waals surface area (Å²) in [7, 11) is 5.54. The average molecular weight is 425 g/mol. The van der Waals surface area contributed by atoms with E-state index < -0.39 is 18.0 Å². The van der Waals surface area contributed by atoms with Crippen molar-refractivity contribution < 1.29 is 24.3 Å². The molecule has 0 saturated carbocycles. The summed E-state index contributed by atoms with van der Waals surface area (Å²) < 4.78 is 0.345. The Hall–Kier alpha value is -1.46. The first-order valence-corrected chi connectivity index (χ1v) is 11.7. The van der Waals surface area contributed by atoms with Crippen LogP contribution in [0.15, 0.2) is 24.3 Å². The van der Waals surface area contributed by atoms with Gasteiger partial charge in [-0.1, -0.05) is 63.3 Å². The van der Waals surface area contributed by atoms with Gasteiger partial charge in [0.25, 0.3) is 0 Å². The molecule has 5 heteroatoms. The molecular formula is C25H46NO4+. The van der Waals surface area contributed by atoms with Gasteiger partial charge in [-0.2, -0.15) is 0 Å².